The molecular weight excluding hydrogens is 310 g/mol. The molecule has 1 saturated heterocycles. The quantitative estimate of drug-likeness (QED) is 0.825. The number of hydrogen-bond donors (Lipinski definition) is 0. The van der Waals surface area contributed by atoms with Crippen LogP contribution in [-0.2, 0) is 4.74 Å². The summed E-state index contributed by atoms with van der Waals surface area (Å²) in [7, 11) is 0. The van der Waals surface area contributed by atoms with Gasteiger partial charge >= 0.3 is 6.09 Å². The molecule has 0 bridgehead atoms. The van der Waals surface area contributed by atoms with Crippen LogP contribution >= 0.6 is 0 Å². The van der Waals surface area contributed by atoms with Crippen LogP contribution < -0.4 is 14.2 Å². The molecule has 3 rings (SSSR count). The highest BCUT2D eigenvalue weighted by molar-refractivity contribution is 5.68. The molecule has 0 spiro atoms. The minimum Gasteiger partial charge on any atom is -0.490 e. The monoisotopic (exact) mass is 343 g/mol. The van der Waals surface area contributed by atoms with E-state index in [4.69, 9.17) is 29.9 Å². The molecule has 1 aromatic rings. The van der Waals surface area contributed by atoms with Gasteiger partial charge < -0.3 is 23.8 Å². The molecule has 0 aromatic heterocycles. The maximum Gasteiger partial charge on any atom is 0.410 e. The number of carbonyl (C=O) groups excluding carboxylic acids is 1. The first-order chi connectivity index (χ1) is 14.4. The normalized spacial score (nSPS) is 37.8. The number of benzene rings is 1. The maximum atomic E-state index is 12.4. The summed E-state index contributed by atoms with van der Waals surface area (Å²) < 4.78 is 84.6. The molecule has 24 heavy (non-hydrogen) atoms. The molecular formula is C18H25NO5. The highest BCUT2D eigenvalue weighted by Gasteiger charge is 2.27. The number of amides is 1. The van der Waals surface area contributed by atoms with Crippen molar-refractivity contribution in [2.75, 3.05) is 26.1 Å². The molecule has 2 aliphatic heterocycles. The second-order valence-electron chi connectivity index (χ2n) is 6.23. The minimum absolute atomic E-state index is 0.0478. The molecule has 0 N–H and O–H groups in total. The Balaban J connectivity index is 1.79. The molecule has 1 fully saturated rings. The van der Waals surface area contributed by atoms with E-state index in [0.717, 1.165) is 0 Å². The number of hydrogen-bond acceptors (Lipinski definition) is 5. The third-order valence-electron chi connectivity index (χ3n) is 3.07. The predicted octanol–water partition coefficient (Wildman–Crippen LogP) is 3.24. The molecule has 2 aliphatic rings. The zero-order valence-electron chi connectivity index (χ0n) is 21.7. The lowest BCUT2D eigenvalue weighted by Crippen LogP contribution is -2.44. The molecule has 3 atom stereocenters. The van der Waals surface area contributed by atoms with Crippen molar-refractivity contribution in [3.05, 3.63) is 18.2 Å². The van der Waals surface area contributed by atoms with Crippen LogP contribution in [0.5, 0.6) is 17.2 Å². The van der Waals surface area contributed by atoms with Crippen LogP contribution in [0.2, 0.25) is 0 Å². The highest BCUT2D eigenvalue weighted by atomic mass is 16.6. The fourth-order valence-corrected chi connectivity index (χ4v) is 2.06. The minimum atomic E-state index is -2.76. The second kappa shape index (κ2) is 6.79. The summed E-state index contributed by atoms with van der Waals surface area (Å²) in [6.07, 6.45) is -3.89. The summed E-state index contributed by atoms with van der Waals surface area (Å²) >= 11 is 0. The van der Waals surface area contributed by atoms with Gasteiger partial charge in [-0.05, 0) is 32.9 Å². The van der Waals surface area contributed by atoms with Gasteiger partial charge in [-0.3, -0.25) is 0 Å². The van der Waals surface area contributed by atoms with E-state index in [2.05, 4.69) is 0 Å². The fraction of sp³-hybridized carbons (Fsp3) is 0.611. The maximum absolute atomic E-state index is 12.4. The van der Waals surface area contributed by atoms with Crippen molar-refractivity contribution in [1.82, 2.24) is 4.90 Å². The largest absolute Gasteiger partial charge is 0.490 e. The van der Waals surface area contributed by atoms with Gasteiger partial charge in [-0.2, -0.15) is 0 Å². The third kappa shape index (κ3) is 4.24. The van der Waals surface area contributed by atoms with Gasteiger partial charge in [0.15, 0.2) is 11.5 Å². The molecule has 3 unspecified atom stereocenters. The molecule has 1 amide bonds. The molecule has 132 valence electrons. The zero-order valence-corrected chi connectivity index (χ0v) is 13.7. The smallest absolute Gasteiger partial charge is 0.410 e. The van der Waals surface area contributed by atoms with E-state index in [1.54, 1.807) is 20.8 Å². The van der Waals surface area contributed by atoms with Crippen LogP contribution in [0.1, 0.15) is 44.6 Å². The van der Waals surface area contributed by atoms with Gasteiger partial charge in [-0.15, -0.1) is 0 Å². The van der Waals surface area contributed by atoms with Crippen molar-refractivity contribution in [3.63, 3.8) is 0 Å². The molecule has 1 aromatic carbocycles. The van der Waals surface area contributed by atoms with Crippen molar-refractivity contribution in [2.24, 2.45) is 0 Å². The van der Waals surface area contributed by atoms with E-state index >= 15 is 0 Å². The standard InChI is InChI=1S/C18H25NO5/c1-18(2,3)24-17(20)19-8-6-13(7-9-19)23-14-4-5-15-16(12-14)22-11-10-21-15/h4-5,12-13H,6-11H2,1-3H3/i6D,8D,9D2,10D2,11D2. The Morgan fingerprint density at radius 2 is 2.04 bits per heavy atom. The Morgan fingerprint density at radius 1 is 1.29 bits per heavy atom. The fourth-order valence-electron chi connectivity index (χ4n) is 2.06. The van der Waals surface area contributed by atoms with E-state index in [0.29, 0.717) is 4.90 Å². The van der Waals surface area contributed by atoms with E-state index in [1.165, 1.54) is 18.2 Å². The van der Waals surface area contributed by atoms with Gasteiger partial charge in [-0.25, -0.2) is 4.79 Å². The van der Waals surface area contributed by atoms with Crippen LogP contribution in [0.3, 0.4) is 0 Å². The number of carbonyl (C=O) groups is 1. The van der Waals surface area contributed by atoms with Crippen LogP contribution in [-0.4, -0.2) is 48.8 Å². The first-order valence-corrected chi connectivity index (χ1v) is 7.49. The van der Waals surface area contributed by atoms with Gasteiger partial charge in [0.05, 0.1) is 5.48 Å². The number of nitrogens with zero attached hydrogens (tertiary/aromatic N) is 1. The lowest BCUT2D eigenvalue weighted by molar-refractivity contribution is 0.0126. The van der Waals surface area contributed by atoms with Crippen LogP contribution in [0.15, 0.2) is 18.2 Å². The SMILES string of the molecule is [2H]C1C(Oc2ccc3c(c2)OC([2H])([2H])C([2H])([2H])O3)CC([2H])([2H])N(C(=O)OC(C)(C)C)C1[2H]. The van der Waals surface area contributed by atoms with E-state index in [1.807, 2.05) is 0 Å². The summed E-state index contributed by atoms with van der Waals surface area (Å²) in [5.74, 6) is -0.0873. The Bertz CT molecular complexity index is 891. The van der Waals surface area contributed by atoms with E-state index in [-0.39, 0.29) is 17.2 Å². The van der Waals surface area contributed by atoms with Crippen LogP contribution in [0.4, 0.5) is 4.79 Å². The van der Waals surface area contributed by atoms with Crippen LogP contribution in [0, 0.1) is 0 Å². The van der Waals surface area contributed by atoms with Crippen LogP contribution in [0.25, 0.3) is 0 Å². The Labute approximate surface area is 153 Å². The average molecular weight is 343 g/mol. The number of likely N-dealkylation sites (tertiary alicyclic amines) is 1. The first kappa shape index (κ1) is 9.39. The van der Waals surface area contributed by atoms with Crippen molar-refractivity contribution in [1.29, 1.82) is 0 Å². The topological polar surface area (TPSA) is 57.2 Å². The van der Waals surface area contributed by atoms with Gasteiger partial charge in [0.1, 0.15) is 30.6 Å². The highest BCUT2D eigenvalue weighted by Crippen LogP contribution is 2.34. The predicted molar refractivity (Wildman–Crippen MR) is 88.9 cm³/mol. The Hall–Kier alpha value is -2.11. The van der Waals surface area contributed by atoms with Gasteiger partial charge in [0, 0.05) is 37.4 Å². The average Bonchev–Trinajstić information content (AvgIpc) is 2.58. The Morgan fingerprint density at radius 3 is 2.79 bits per heavy atom. The molecule has 0 radical (unpaired) electrons. The zero-order chi connectivity index (χ0) is 24.3. The lowest BCUT2D eigenvalue weighted by atomic mass is 10.1. The van der Waals surface area contributed by atoms with Gasteiger partial charge in [-0.1, -0.05) is 0 Å². The van der Waals surface area contributed by atoms with E-state index < -0.39 is 56.8 Å². The van der Waals surface area contributed by atoms with Crippen molar-refractivity contribution in [3.8, 4) is 17.2 Å². The lowest BCUT2D eigenvalue weighted by Gasteiger charge is -2.33. The first-order valence-electron chi connectivity index (χ1n) is 11.6. The number of ether oxygens (including phenoxy) is 4. The molecule has 0 aliphatic carbocycles. The van der Waals surface area contributed by atoms with Gasteiger partial charge in [0.25, 0.3) is 0 Å². The molecule has 6 heteroatoms. The number of piperidine rings is 1. The summed E-state index contributed by atoms with van der Waals surface area (Å²) in [4.78, 5) is 13.0. The van der Waals surface area contributed by atoms with Crippen molar-refractivity contribution in [2.45, 2.75) is 45.3 Å². The number of fused-ring (bicyclic) bond motifs is 1. The summed E-state index contributed by atoms with van der Waals surface area (Å²) in [5, 5.41) is 0. The van der Waals surface area contributed by atoms with Crippen molar-refractivity contribution < 1.29 is 34.7 Å². The molecule has 2 heterocycles. The van der Waals surface area contributed by atoms with E-state index in [9.17, 15) is 4.79 Å². The summed E-state index contributed by atoms with van der Waals surface area (Å²) in [5.41, 5.74) is -0.899. The van der Waals surface area contributed by atoms with Gasteiger partial charge in [0.2, 0.25) is 0 Å². The Kier molecular flexibility index (Phi) is 2.66. The third-order valence-corrected chi connectivity index (χ3v) is 3.07. The summed E-state index contributed by atoms with van der Waals surface area (Å²) in [6.45, 7) is -4.55. The molecule has 0 saturated carbocycles. The number of rotatable bonds is 2. The summed E-state index contributed by atoms with van der Waals surface area (Å²) in [6, 6.07) is 3.92. The molecule has 6 nitrogen and oxygen atoms in total. The van der Waals surface area contributed by atoms with Crippen molar-refractivity contribution >= 4 is 6.09 Å². The second-order valence-corrected chi connectivity index (χ2v) is 6.23.